The Bertz CT molecular complexity index is 767. The van der Waals surface area contributed by atoms with E-state index in [0.717, 1.165) is 22.3 Å². The van der Waals surface area contributed by atoms with Gasteiger partial charge in [-0.3, -0.25) is 4.68 Å². The molecule has 0 bridgehead atoms. The quantitative estimate of drug-likeness (QED) is 0.730. The molecule has 0 amide bonds. The summed E-state index contributed by atoms with van der Waals surface area (Å²) >= 11 is 3.51. The van der Waals surface area contributed by atoms with Crippen molar-refractivity contribution in [3.63, 3.8) is 0 Å². The topological polar surface area (TPSA) is 69.8 Å². The summed E-state index contributed by atoms with van der Waals surface area (Å²) in [6.45, 7) is 4.40. The number of rotatable bonds is 5. The van der Waals surface area contributed by atoms with Gasteiger partial charge in [0.25, 0.3) is 9.05 Å². The number of imidazole rings is 1. The minimum Gasteiger partial charge on any atom is -0.327 e. The summed E-state index contributed by atoms with van der Waals surface area (Å²) in [5.74, 6) is 0.697. The highest BCUT2D eigenvalue weighted by Gasteiger charge is 2.19. The lowest BCUT2D eigenvalue weighted by molar-refractivity contribution is 0.606. The molecule has 2 aromatic rings. The summed E-state index contributed by atoms with van der Waals surface area (Å²) < 4.78 is 27.4. The number of nitrogens with zero attached hydrogens (tertiary/aromatic N) is 4. The number of hydrogen-bond donors (Lipinski definition) is 0. The molecule has 0 N–H and O–H groups in total. The van der Waals surface area contributed by atoms with Gasteiger partial charge in [-0.15, -0.1) is 0 Å². The molecular weight excluding hydrogens is 380 g/mol. The molecule has 9 heteroatoms. The van der Waals surface area contributed by atoms with Crippen molar-refractivity contribution in [1.82, 2.24) is 19.3 Å². The molecule has 2 rings (SSSR count). The van der Waals surface area contributed by atoms with E-state index in [1.54, 1.807) is 9.25 Å². The molecule has 0 spiro atoms. The average Bonchev–Trinajstić information content (AvgIpc) is 2.87. The van der Waals surface area contributed by atoms with E-state index in [0.29, 0.717) is 18.8 Å². The summed E-state index contributed by atoms with van der Waals surface area (Å²) in [6, 6.07) is 0. The van der Waals surface area contributed by atoms with E-state index >= 15 is 0 Å². The SMILES string of the molecule is CCCc1nc(S(=O)(=O)Cl)cn1Cc1c(Br)c(C)nn1C. The van der Waals surface area contributed by atoms with Gasteiger partial charge < -0.3 is 4.57 Å². The molecule has 0 radical (unpaired) electrons. The molecule has 0 aromatic carbocycles. The second-order valence-electron chi connectivity index (χ2n) is 4.78. The van der Waals surface area contributed by atoms with Gasteiger partial charge in [0.15, 0.2) is 5.03 Å². The summed E-state index contributed by atoms with van der Waals surface area (Å²) in [6.07, 6.45) is 3.02. The molecule has 6 nitrogen and oxygen atoms in total. The third-order valence-electron chi connectivity index (χ3n) is 3.14. The highest BCUT2D eigenvalue weighted by Crippen LogP contribution is 2.23. The van der Waals surface area contributed by atoms with Crippen LogP contribution in [0.5, 0.6) is 0 Å². The standard InChI is InChI=1S/C12H16BrClN4O2S/c1-4-5-10-15-11(21(14,19)20)7-18(10)6-9-12(13)8(2)16-17(9)3/h7H,4-6H2,1-3H3. The Kier molecular flexibility index (Phi) is 4.79. The van der Waals surface area contributed by atoms with Gasteiger partial charge in [0, 0.05) is 30.3 Å². The van der Waals surface area contributed by atoms with Gasteiger partial charge in [-0.2, -0.15) is 5.10 Å². The van der Waals surface area contributed by atoms with Gasteiger partial charge in [-0.1, -0.05) is 6.92 Å². The van der Waals surface area contributed by atoms with E-state index in [4.69, 9.17) is 10.7 Å². The molecule has 0 saturated carbocycles. The number of aromatic nitrogens is 4. The Morgan fingerprint density at radius 2 is 2.10 bits per heavy atom. The lowest BCUT2D eigenvalue weighted by Crippen LogP contribution is -2.08. The van der Waals surface area contributed by atoms with Crippen LogP contribution in [0.4, 0.5) is 0 Å². The van der Waals surface area contributed by atoms with Crippen LogP contribution in [0.25, 0.3) is 0 Å². The van der Waals surface area contributed by atoms with E-state index < -0.39 is 9.05 Å². The van der Waals surface area contributed by atoms with Crippen molar-refractivity contribution < 1.29 is 8.42 Å². The van der Waals surface area contributed by atoms with Gasteiger partial charge in [-0.05, 0) is 29.3 Å². The molecule has 2 aromatic heterocycles. The molecule has 0 saturated heterocycles. The van der Waals surface area contributed by atoms with Crippen LogP contribution in [0.3, 0.4) is 0 Å². The van der Waals surface area contributed by atoms with Crippen LogP contribution in [0.1, 0.15) is 30.6 Å². The second-order valence-corrected chi connectivity index (χ2v) is 8.09. The monoisotopic (exact) mass is 394 g/mol. The average molecular weight is 396 g/mol. The van der Waals surface area contributed by atoms with Crippen LogP contribution in [-0.4, -0.2) is 27.7 Å². The fraction of sp³-hybridized carbons (Fsp3) is 0.500. The Balaban J connectivity index is 2.45. The first-order valence-corrected chi connectivity index (χ1v) is 9.53. The fourth-order valence-electron chi connectivity index (χ4n) is 2.12. The van der Waals surface area contributed by atoms with Crippen LogP contribution >= 0.6 is 26.6 Å². The second kappa shape index (κ2) is 6.10. The first-order valence-electron chi connectivity index (χ1n) is 6.42. The maximum atomic E-state index is 11.5. The Labute approximate surface area is 136 Å². The van der Waals surface area contributed by atoms with Crippen molar-refractivity contribution in [2.75, 3.05) is 0 Å². The van der Waals surface area contributed by atoms with Gasteiger partial charge in [0.05, 0.1) is 22.4 Å². The smallest absolute Gasteiger partial charge is 0.280 e. The summed E-state index contributed by atoms with van der Waals surface area (Å²) in [7, 11) is 3.41. The lowest BCUT2D eigenvalue weighted by atomic mass is 10.3. The molecule has 21 heavy (non-hydrogen) atoms. The van der Waals surface area contributed by atoms with Crippen molar-refractivity contribution in [1.29, 1.82) is 0 Å². The van der Waals surface area contributed by atoms with Crippen molar-refractivity contribution in [3.8, 4) is 0 Å². The normalized spacial score (nSPS) is 12.0. The maximum absolute atomic E-state index is 11.5. The minimum atomic E-state index is -3.82. The Hall–Kier alpha value is -0.860. The largest absolute Gasteiger partial charge is 0.327 e. The van der Waals surface area contributed by atoms with E-state index in [2.05, 4.69) is 26.0 Å². The molecule has 0 atom stereocenters. The predicted molar refractivity (Wildman–Crippen MR) is 84.0 cm³/mol. The van der Waals surface area contributed by atoms with Crippen molar-refractivity contribution in [2.24, 2.45) is 7.05 Å². The Morgan fingerprint density at radius 1 is 1.43 bits per heavy atom. The summed E-state index contributed by atoms with van der Waals surface area (Å²) in [5.41, 5.74) is 1.83. The van der Waals surface area contributed by atoms with Crippen molar-refractivity contribution >= 4 is 35.7 Å². The molecular formula is C12H16BrClN4O2S. The number of halogens is 2. The molecule has 116 valence electrons. The van der Waals surface area contributed by atoms with E-state index in [1.165, 1.54) is 6.20 Å². The minimum absolute atomic E-state index is 0.109. The van der Waals surface area contributed by atoms with Gasteiger partial charge in [0.2, 0.25) is 0 Å². The first-order chi connectivity index (χ1) is 9.74. The zero-order valence-corrected chi connectivity index (χ0v) is 15.1. The van der Waals surface area contributed by atoms with Crippen LogP contribution in [-0.2, 0) is 29.1 Å². The van der Waals surface area contributed by atoms with Crippen molar-refractivity contribution in [3.05, 3.63) is 27.9 Å². The highest BCUT2D eigenvalue weighted by atomic mass is 79.9. The molecule has 0 aliphatic heterocycles. The Morgan fingerprint density at radius 3 is 2.57 bits per heavy atom. The van der Waals surface area contributed by atoms with E-state index in [-0.39, 0.29) is 5.03 Å². The number of aryl methyl sites for hydroxylation is 3. The maximum Gasteiger partial charge on any atom is 0.280 e. The molecule has 0 unspecified atom stereocenters. The van der Waals surface area contributed by atoms with Crippen LogP contribution < -0.4 is 0 Å². The summed E-state index contributed by atoms with van der Waals surface area (Å²) in [5, 5.41) is 4.22. The predicted octanol–water partition coefficient (Wildman–Crippen LogP) is 2.62. The third kappa shape index (κ3) is 3.49. The van der Waals surface area contributed by atoms with Gasteiger partial charge >= 0.3 is 0 Å². The number of hydrogen-bond acceptors (Lipinski definition) is 4. The van der Waals surface area contributed by atoms with E-state index in [1.807, 2.05) is 20.9 Å². The van der Waals surface area contributed by atoms with Crippen LogP contribution in [0, 0.1) is 6.92 Å². The zero-order chi connectivity index (χ0) is 15.8. The molecule has 0 aliphatic carbocycles. The highest BCUT2D eigenvalue weighted by molar-refractivity contribution is 9.10. The summed E-state index contributed by atoms with van der Waals surface area (Å²) in [4.78, 5) is 4.13. The lowest BCUT2D eigenvalue weighted by Gasteiger charge is -2.08. The third-order valence-corrected chi connectivity index (χ3v) is 5.34. The molecule has 0 fully saturated rings. The fourth-order valence-corrected chi connectivity index (χ4v) is 3.27. The van der Waals surface area contributed by atoms with E-state index in [9.17, 15) is 8.42 Å². The molecule has 2 heterocycles. The first kappa shape index (κ1) is 16.5. The van der Waals surface area contributed by atoms with Gasteiger partial charge in [-0.25, -0.2) is 13.4 Å². The van der Waals surface area contributed by atoms with Crippen LogP contribution in [0.2, 0.25) is 0 Å². The van der Waals surface area contributed by atoms with Gasteiger partial charge in [0.1, 0.15) is 5.82 Å². The zero-order valence-electron chi connectivity index (χ0n) is 12.0. The molecule has 0 aliphatic rings. The van der Waals surface area contributed by atoms with Crippen molar-refractivity contribution in [2.45, 2.75) is 38.3 Å². The van der Waals surface area contributed by atoms with Crippen LogP contribution in [0.15, 0.2) is 15.7 Å².